The molecule has 152 valence electrons. The number of aromatic nitrogens is 2. The maximum Gasteiger partial charge on any atom is 0.246 e. The summed E-state index contributed by atoms with van der Waals surface area (Å²) in [5.41, 5.74) is 0.623. The molecule has 0 aliphatic carbocycles. The minimum atomic E-state index is -3.88. The fraction of sp³-hybridized carbons (Fsp3) is 0.263. The molecule has 10 heteroatoms. The molecule has 0 saturated carbocycles. The minimum Gasteiger partial charge on any atom is -0.495 e. The molecule has 1 aliphatic heterocycles. The molecule has 0 atom stereocenters. The van der Waals surface area contributed by atoms with Crippen LogP contribution < -0.4 is 9.64 Å². The highest BCUT2D eigenvalue weighted by Gasteiger charge is 2.31. The molecule has 0 N–H and O–H groups in total. The number of hydrogen-bond donors (Lipinski definition) is 0. The second-order valence-corrected chi connectivity index (χ2v) is 8.35. The summed E-state index contributed by atoms with van der Waals surface area (Å²) in [5, 5.41) is 8.39. The van der Waals surface area contributed by atoms with Gasteiger partial charge in [-0.1, -0.05) is 0 Å². The van der Waals surface area contributed by atoms with Crippen LogP contribution in [0.15, 0.2) is 58.0 Å². The van der Waals surface area contributed by atoms with Gasteiger partial charge in [0.25, 0.3) is 0 Å². The van der Waals surface area contributed by atoms with Gasteiger partial charge in [0.15, 0.2) is 11.6 Å². The van der Waals surface area contributed by atoms with E-state index in [2.05, 4.69) is 10.2 Å². The zero-order valence-corrected chi connectivity index (χ0v) is 16.5. The van der Waals surface area contributed by atoms with Gasteiger partial charge in [-0.2, -0.15) is 4.31 Å². The maximum atomic E-state index is 13.6. The maximum absolute atomic E-state index is 13.6. The molecule has 0 radical (unpaired) electrons. The van der Waals surface area contributed by atoms with Gasteiger partial charge in [-0.15, -0.1) is 10.2 Å². The molecule has 29 heavy (non-hydrogen) atoms. The van der Waals surface area contributed by atoms with Crippen LogP contribution in [-0.4, -0.2) is 56.2 Å². The summed E-state index contributed by atoms with van der Waals surface area (Å²) in [6.45, 7) is 1.35. The number of nitrogens with zero attached hydrogens (tertiary/aromatic N) is 4. The highest BCUT2D eigenvalue weighted by Crippen LogP contribution is 2.28. The Hall–Kier alpha value is -2.98. The third kappa shape index (κ3) is 3.81. The van der Waals surface area contributed by atoms with E-state index < -0.39 is 15.8 Å². The summed E-state index contributed by atoms with van der Waals surface area (Å²) >= 11 is 0. The molecule has 3 heterocycles. The van der Waals surface area contributed by atoms with Gasteiger partial charge in [-0.3, -0.25) is 0 Å². The van der Waals surface area contributed by atoms with Crippen molar-refractivity contribution in [2.75, 3.05) is 38.2 Å². The van der Waals surface area contributed by atoms with Crippen molar-refractivity contribution in [1.82, 2.24) is 14.5 Å². The molecule has 1 saturated heterocycles. The predicted molar refractivity (Wildman–Crippen MR) is 104 cm³/mol. The van der Waals surface area contributed by atoms with Crippen LogP contribution in [0.2, 0.25) is 0 Å². The third-order valence-electron chi connectivity index (χ3n) is 4.73. The smallest absolute Gasteiger partial charge is 0.246 e. The fourth-order valence-electron chi connectivity index (χ4n) is 3.20. The van der Waals surface area contributed by atoms with Crippen molar-refractivity contribution >= 4 is 15.8 Å². The zero-order valence-electron chi connectivity index (χ0n) is 15.7. The van der Waals surface area contributed by atoms with Gasteiger partial charge in [0.1, 0.15) is 22.2 Å². The van der Waals surface area contributed by atoms with Crippen LogP contribution in [-0.2, 0) is 10.0 Å². The van der Waals surface area contributed by atoms with E-state index in [1.165, 1.54) is 23.5 Å². The largest absolute Gasteiger partial charge is 0.495 e. The number of anilines is 1. The molecule has 0 bridgehead atoms. The van der Waals surface area contributed by atoms with Crippen molar-refractivity contribution < 1.29 is 22.0 Å². The lowest BCUT2D eigenvalue weighted by atomic mass is 10.3. The standard InChI is InChI=1S/C19H19FN4O4S/c1-27-17-6-4-14(20)13-18(17)29(25,26)24-10-8-23(9-11-24)19-7-5-15(21-22-19)16-3-2-12-28-16/h2-7,12-13H,8-11H2,1H3. The van der Waals surface area contributed by atoms with Crippen molar-refractivity contribution in [3.8, 4) is 17.2 Å². The van der Waals surface area contributed by atoms with Gasteiger partial charge in [0, 0.05) is 26.2 Å². The van der Waals surface area contributed by atoms with E-state index in [9.17, 15) is 12.8 Å². The van der Waals surface area contributed by atoms with Gasteiger partial charge in [-0.05, 0) is 42.5 Å². The number of benzene rings is 1. The molecule has 0 spiro atoms. The van der Waals surface area contributed by atoms with Gasteiger partial charge in [-0.25, -0.2) is 12.8 Å². The molecule has 8 nitrogen and oxygen atoms in total. The summed E-state index contributed by atoms with van der Waals surface area (Å²) in [7, 11) is -2.52. The number of hydrogen-bond acceptors (Lipinski definition) is 7. The summed E-state index contributed by atoms with van der Waals surface area (Å²) in [5.74, 6) is 0.771. The van der Waals surface area contributed by atoms with Gasteiger partial charge >= 0.3 is 0 Å². The molecule has 3 aromatic rings. The molecule has 0 amide bonds. The average Bonchev–Trinajstić information content (AvgIpc) is 3.29. The molecule has 1 aromatic carbocycles. The molecule has 0 unspecified atom stereocenters. The van der Waals surface area contributed by atoms with Crippen LogP contribution in [0.25, 0.3) is 11.5 Å². The molecule has 4 rings (SSSR count). The Kier molecular flexibility index (Phi) is 5.20. The van der Waals surface area contributed by atoms with E-state index in [0.717, 1.165) is 6.07 Å². The Morgan fingerprint density at radius 3 is 2.48 bits per heavy atom. The second kappa shape index (κ2) is 7.80. The van der Waals surface area contributed by atoms with Crippen molar-refractivity contribution in [2.45, 2.75) is 4.90 Å². The van der Waals surface area contributed by atoms with Gasteiger partial charge < -0.3 is 14.1 Å². The zero-order chi connectivity index (χ0) is 20.4. The SMILES string of the molecule is COc1ccc(F)cc1S(=O)(=O)N1CCN(c2ccc(-c3ccco3)nn2)CC1. The molecule has 1 aliphatic rings. The quantitative estimate of drug-likeness (QED) is 0.629. The fourth-order valence-corrected chi connectivity index (χ4v) is 4.79. The normalized spacial score (nSPS) is 15.4. The van der Waals surface area contributed by atoms with Crippen LogP contribution in [0.3, 0.4) is 0 Å². The Morgan fingerprint density at radius 2 is 1.86 bits per heavy atom. The van der Waals surface area contributed by atoms with E-state index in [-0.39, 0.29) is 23.7 Å². The highest BCUT2D eigenvalue weighted by atomic mass is 32.2. The lowest BCUT2D eigenvalue weighted by Crippen LogP contribution is -2.49. The van der Waals surface area contributed by atoms with Gasteiger partial charge in [0.2, 0.25) is 10.0 Å². The Morgan fingerprint density at radius 1 is 1.07 bits per heavy atom. The van der Waals surface area contributed by atoms with Crippen molar-refractivity contribution in [1.29, 1.82) is 0 Å². The number of ether oxygens (including phenoxy) is 1. The van der Waals surface area contributed by atoms with E-state index in [4.69, 9.17) is 9.15 Å². The Balaban J connectivity index is 1.47. The second-order valence-electron chi connectivity index (χ2n) is 6.44. The number of rotatable bonds is 5. The monoisotopic (exact) mass is 418 g/mol. The van der Waals surface area contributed by atoms with Gasteiger partial charge in [0.05, 0.1) is 13.4 Å². The van der Waals surface area contributed by atoms with Crippen LogP contribution >= 0.6 is 0 Å². The number of piperazine rings is 1. The van der Waals surface area contributed by atoms with Crippen molar-refractivity contribution in [3.05, 3.63) is 54.5 Å². The van der Waals surface area contributed by atoms with E-state index in [0.29, 0.717) is 30.4 Å². The van der Waals surface area contributed by atoms with Crippen molar-refractivity contribution in [3.63, 3.8) is 0 Å². The van der Waals surface area contributed by atoms with Crippen molar-refractivity contribution in [2.24, 2.45) is 0 Å². The number of halogens is 1. The first-order valence-electron chi connectivity index (χ1n) is 8.95. The predicted octanol–water partition coefficient (Wildman–Crippen LogP) is 2.40. The summed E-state index contributed by atoms with van der Waals surface area (Å²) in [6.07, 6.45) is 1.57. The third-order valence-corrected chi connectivity index (χ3v) is 6.65. The van der Waals surface area contributed by atoms with Crippen LogP contribution in [0.4, 0.5) is 10.2 Å². The first kappa shape index (κ1) is 19.3. The van der Waals surface area contributed by atoms with Crippen LogP contribution in [0.5, 0.6) is 5.75 Å². The highest BCUT2D eigenvalue weighted by molar-refractivity contribution is 7.89. The Bertz CT molecular complexity index is 1080. The first-order valence-corrected chi connectivity index (χ1v) is 10.4. The van der Waals surface area contributed by atoms with E-state index in [1.807, 2.05) is 17.0 Å². The lowest BCUT2D eigenvalue weighted by Gasteiger charge is -2.34. The first-order chi connectivity index (χ1) is 14.0. The minimum absolute atomic E-state index is 0.119. The summed E-state index contributed by atoms with van der Waals surface area (Å²) < 4.78 is 51.3. The topological polar surface area (TPSA) is 88.8 Å². The molecular formula is C19H19FN4O4S. The summed E-state index contributed by atoms with van der Waals surface area (Å²) in [4.78, 5) is 1.78. The van der Waals surface area contributed by atoms with E-state index in [1.54, 1.807) is 18.4 Å². The molecule has 2 aromatic heterocycles. The van der Waals surface area contributed by atoms with Crippen LogP contribution in [0.1, 0.15) is 0 Å². The average molecular weight is 418 g/mol. The van der Waals surface area contributed by atoms with Crippen LogP contribution in [0, 0.1) is 5.82 Å². The summed E-state index contributed by atoms with van der Waals surface area (Å²) in [6, 6.07) is 10.7. The lowest BCUT2D eigenvalue weighted by molar-refractivity contribution is 0.372. The van der Waals surface area contributed by atoms with E-state index >= 15 is 0 Å². The number of furan rings is 1. The molecular weight excluding hydrogens is 399 g/mol. The number of sulfonamides is 1. The molecule has 1 fully saturated rings. The Labute approximate surface area is 167 Å². The number of methoxy groups -OCH3 is 1.